The Labute approximate surface area is 493 Å². The first-order valence-corrected chi connectivity index (χ1v) is 30.8. The predicted molar refractivity (Wildman–Crippen MR) is 323 cm³/mol. The number of pyridine rings is 2. The topological polar surface area (TPSA) is 153 Å². The molecule has 10 nitrogen and oxygen atoms in total. The summed E-state index contributed by atoms with van der Waals surface area (Å²) in [5, 5.41) is 20.3. The molecule has 0 aliphatic heterocycles. The van der Waals surface area contributed by atoms with Gasteiger partial charge in [-0.2, -0.15) is 0 Å². The molecule has 4 saturated carbocycles. The molecule has 0 radical (unpaired) electrons. The molecule has 420 valence electrons. The molecular weight excluding hydrogens is 1210 g/mol. The lowest BCUT2D eigenvalue weighted by atomic mass is 9.43. The fourth-order valence-electron chi connectivity index (χ4n) is 14.9. The second-order valence-electron chi connectivity index (χ2n) is 23.8. The van der Waals surface area contributed by atoms with Crippen LogP contribution in [-0.2, 0) is 0 Å². The number of hydrogen-bond acceptors (Lipinski definition) is 10. The SMILES string of the molecule is BrB(Br)Br.COc1cc(OC)cc(C(=O)[C@H]2[C@H](C)[C@@H](CCC(=O)c3cccnc3)CC3C(C)(C)CCC[C@@]32C)c1.C[C@@H]1[C@@H](CCC(=O)c2cccnc2)C[C@H]2C(C)(C)CCC[C@]2(C)[C@H]1C(=O)c1cc(O)cc(O)c1.ClCCl. The number of methoxy groups -OCH3 is 2. The highest BCUT2D eigenvalue weighted by Crippen LogP contribution is 2.65. The fraction of sp³-hybridized carbons (Fsp3) is 0.574. The molecule has 2 N–H and O–H groups in total. The highest BCUT2D eigenvalue weighted by molar-refractivity contribution is 9.69. The van der Waals surface area contributed by atoms with Gasteiger partial charge in [0.05, 0.1) is 19.6 Å². The number of Topliss-reactive ketones (excluding diaryl/α,β-unsaturated/α-hetero) is 4. The van der Waals surface area contributed by atoms with Crippen LogP contribution in [0.4, 0.5) is 0 Å². The van der Waals surface area contributed by atoms with Crippen molar-refractivity contribution in [2.24, 2.45) is 69.0 Å². The number of benzene rings is 2. The number of carbonyl (C=O) groups excluding carboxylic acids is 4. The lowest BCUT2D eigenvalue weighted by molar-refractivity contribution is -0.103. The van der Waals surface area contributed by atoms with E-state index in [0.717, 1.165) is 57.8 Å². The van der Waals surface area contributed by atoms with E-state index in [1.807, 2.05) is 36.4 Å². The number of alkyl halides is 2. The first kappa shape index (κ1) is 64.5. The van der Waals surface area contributed by atoms with Crippen molar-refractivity contribution in [1.82, 2.24) is 9.97 Å². The fourth-order valence-corrected chi connectivity index (χ4v) is 14.9. The Morgan fingerprint density at radius 1 is 0.610 bits per heavy atom. The molecule has 2 aromatic carbocycles. The van der Waals surface area contributed by atoms with E-state index in [9.17, 15) is 29.4 Å². The van der Waals surface area contributed by atoms with E-state index < -0.39 is 0 Å². The molecule has 1 unspecified atom stereocenters. The van der Waals surface area contributed by atoms with Crippen molar-refractivity contribution in [3.05, 3.63) is 108 Å². The molecule has 0 amide bonds. The van der Waals surface area contributed by atoms with Gasteiger partial charge in [-0.25, -0.2) is 0 Å². The van der Waals surface area contributed by atoms with Crippen molar-refractivity contribution in [2.75, 3.05) is 19.6 Å². The van der Waals surface area contributed by atoms with Gasteiger partial charge in [-0.1, -0.05) is 68.2 Å². The van der Waals surface area contributed by atoms with Crippen molar-refractivity contribution in [1.29, 1.82) is 0 Å². The van der Waals surface area contributed by atoms with Gasteiger partial charge in [0.2, 0.25) is 0 Å². The third-order valence-electron chi connectivity index (χ3n) is 18.4. The molecule has 16 heteroatoms. The molecule has 8 rings (SSSR count). The number of rotatable bonds is 14. The number of nitrogens with zero attached hydrogens (tertiary/aromatic N) is 2. The largest absolute Gasteiger partial charge is 0.508 e. The molecule has 4 fully saturated rings. The van der Waals surface area contributed by atoms with Crippen LogP contribution < -0.4 is 9.47 Å². The van der Waals surface area contributed by atoms with Crippen LogP contribution in [0.2, 0.25) is 0 Å². The molecule has 4 aliphatic rings. The lowest BCUT2D eigenvalue weighted by Gasteiger charge is -2.60. The Morgan fingerprint density at radius 3 is 1.31 bits per heavy atom. The standard InChI is InChI=1S/C31H41NO4.C29H37NO4.CH2Cl2.BBr3/c1-20-21(10-11-26(33)22-9-7-14-32-19-22)17-27-30(2,3)12-8-13-31(27,4)28(20)29(34)23-15-24(35-5)18-25(16-23)36-6;1-18-19(8-9-24(33)20-7-5-12-30-17-20)15-25-28(2,3)10-6-11-29(25,4)26(18)27(34)21-13-22(31)16-23(32)14-21;2-1-3;2-1(3)4/h7,9,14-16,18-21,27-28H,8,10-13,17H2,1-6H3;5,7,12-14,16-19,25-26,31-32H,6,8-11,15H2,1-4H3;1H2;/t20-,21+,27?,28-,31+;18-,19+,25+,26-,29+;;/m11../s1. The van der Waals surface area contributed by atoms with Gasteiger partial charge in [0.1, 0.15) is 23.0 Å². The van der Waals surface area contributed by atoms with Crippen molar-refractivity contribution in [3.63, 3.8) is 0 Å². The van der Waals surface area contributed by atoms with Gasteiger partial charge in [-0.05, 0) is 157 Å². The van der Waals surface area contributed by atoms with Crippen molar-refractivity contribution >= 4 is 96.8 Å². The number of phenolic OH excluding ortho intramolecular Hbond substituents is 2. The second kappa shape index (κ2) is 28.4. The molecule has 0 bridgehead atoms. The monoisotopic (exact) mass is 1290 g/mol. The van der Waals surface area contributed by atoms with Crippen molar-refractivity contribution in [2.45, 2.75) is 132 Å². The minimum atomic E-state index is -0.231. The summed E-state index contributed by atoms with van der Waals surface area (Å²) in [5.74, 6) is 2.71. The average Bonchev–Trinajstić information content (AvgIpc) is 3.37. The molecule has 4 aromatic rings. The van der Waals surface area contributed by atoms with Crippen LogP contribution in [0.15, 0.2) is 85.5 Å². The number of ether oxygens (including phenoxy) is 2. The smallest absolute Gasteiger partial charge is 0.369 e. The van der Waals surface area contributed by atoms with Crippen LogP contribution in [0.1, 0.15) is 174 Å². The summed E-state index contributed by atoms with van der Waals surface area (Å²) in [5.41, 5.74) is 2.34. The maximum Gasteiger partial charge on any atom is 0.369 e. The molecule has 77 heavy (non-hydrogen) atoms. The first-order valence-electron chi connectivity index (χ1n) is 27.0. The Bertz CT molecular complexity index is 2570. The van der Waals surface area contributed by atoms with E-state index in [0.29, 0.717) is 64.3 Å². The average molecular weight is 1290 g/mol. The summed E-state index contributed by atoms with van der Waals surface area (Å²) in [7, 11) is 3.23. The van der Waals surface area contributed by atoms with Crippen LogP contribution >= 0.6 is 70.5 Å². The number of aromatic hydroxyl groups is 2. The lowest BCUT2D eigenvalue weighted by Crippen LogP contribution is -2.56. The van der Waals surface area contributed by atoms with Gasteiger partial charge >= 0.3 is 3.18 Å². The first-order chi connectivity index (χ1) is 36.3. The van der Waals surface area contributed by atoms with Gasteiger partial charge < -0.3 is 19.7 Å². The number of aromatic nitrogens is 2. The second-order valence-corrected chi connectivity index (χ2v) is 31.0. The summed E-state index contributed by atoms with van der Waals surface area (Å²) in [6.45, 7) is 18.4. The zero-order valence-electron chi connectivity index (χ0n) is 46.6. The van der Waals surface area contributed by atoms with Crippen molar-refractivity contribution in [3.8, 4) is 23.0 Å². The quantitative estimate of drug-likeness (QED) is 0.0709. The number of carbonyl (C=O) groups is 4. The summed E-state index contributed by atoms with van der Waals surface area (Å²) < 4.78 is 11.2. The molecule has 2 heterocycles. The van der Waals surface area contributed by atoms with E-state index >= 15 is 0 Å². The van der Waals surface area contributed by atoms with E-state index in [1.54, 1.807) is 45.1 Å². The zero-order chi connectivity index (χ0) is 57.0. The number of hydrogen-bond donors (Lipinski definition) is 2. The normalized spacial score (nSPS) is 27.6. The van der Waals surface area contributed by atoms with Gasteiger partial charge in [0, 0.05) is 83.9 Å². The van der Waals surface area contributed by atoms with Crippen LogP contribution in [0.25, 0.3) is 0 Å². The third kappa shape index (κ3) is 16.0. The minimum Gasteiger partial charge on any atom is -0.508 e. The predicted octanol–water partition coefficient (Wildman–Crippen LogP) is 17.1. The van der Waals surface area contributed by atoms with Crippen LogP contribution in [0.5, 0.6) is 23.0 Å². The Hall–Kier alpha value is -3.30. The highest BCUT2D eigenvalue weighted by Gasteiger charge is 2.60. The summed E-state index contributed by atoms with van der Waals surface area (Å²) >= 11 is 18.8. The summed E-state index contributed by atoms with van der Waals surface area (Å²) in [4.78, 5) is 62.2. The zero-order valence-corrected chi connectivity index (χ0v) is 52.9. The van der Waals surface area contributed by atoms with Crippen LogP contribution in [0, 0.1) is 69.0 Å². The molecule has 2 aromatic heterocycles. The number of halogens is 5. The van der Waals surface area contributed by atoms with Gasteiger partial charge in [-0.3, -0.25) is 29.1 Å². The highest BCUT2D eigenvalue weighted by atomic mass is 79.9. The van der Waals surface area contributed by atoms with Gasteiger partial charge in [0.25, 0.3) is 0 Å². The number of fused-ring (bicyclic) bond motifs is 2. The Morgan fingerprint density at radius 2 is 0.974 bits per heavy atom. The number of phenols is 2. The Balaban J connectivity index is 0.000000254. The Kier molecular flexibility index (Phi) is 23.8. The van der Waals surface area contributed by atoms with E-state index in [-0.39, 0.29) is 94.4 Å². The molecule has 10 atom stereocenters. The minimum absolute atomic E-state index is 0.00724. The van der Waals surface area contributed by atoms with E-state index in [4.69, 9.17) is 32.7 Å². The van der Waals surface area contributed by atoms with Crippen LogP contribution in [-0.4, -0.2) is 66.1 Å². The maximum atomic E-state index is 14.3. The van der Waals surface area contributed by atoms with Crippen molar-refractivity contribution < 1.29 is 38.9 Å². The molecule has 4 aliphatic carbocycles. The third-order valence-corrected chi connectivity index (χ3v) is 18.4. The van der Waals surface area contributed by atoms with E-state index in [2.05, 4.69) is 113 Å². The number of ketones is 4. The van der Waals surface area contributed by atoms with Gasteiger partial charge in [0.15, 0.2) is 23.1 Å². The summed E-state index contributed by atoms with van der Waals surface area (Å²) in [6.07, 6.45) is 17.8. The molecule has 0 saturated heterocycles. The van der Waals surface area contributed by atoms with E-state index in [1.165, 1.54) is 24.6 Å². The van der Waals surface area contributed by atoms with Crippen LogP contribution in [0.3, 0.4) is 0 Å². The molecular formula is C61H80BBr3Cl2N2O8. The van der Waals surface area contributed by atoms with Gasteiger partial charge in [-0.15, -0.1) is 70.5 Å². The molecule has 0 spiro atoms. The maximum absolute atomic E-state index is 14.3. The summed E-state index contributed by atoms with van der Waals surface area (Å²) in [6, 6.07) is 16.9.